The normalized spacial score (nSPS) is 16.8. The minimum Gasteiger partial charge on any atom is -0.368 e. The fourth-order valence-corrected chi connectivity index (χ4v) is 4.47. The van der Waals surface area contributed by atoms with Crippen LogP contribution >= 0.6 is 0 Å². The van der Waals surface area contributed by atoms with Gasteiger partial charge in [-0.05, 0) is 30.2 Å². The lowest BCUT2D eigenvalue weighted by molar-refractivity contribution is -0.120. The number of nitrogens with zero attached hydrogens (tertiary/aromatic N) is 1. The van der Waals surface area contributed by atoms with E-state index in [1.807, 2.05) is 0 Å². The van der Waals surface area contributed by atoms with E-state index in [1.54, 1.807) is 48.5 Å². The first kappa shape index (κ1) is 17.9. The van der Waals surface area contributed by atoms with Crippen LogP contribution in [0.2, 0.25) is 0 Å². The van der Waals surface area contributed by atoms with Gasteiger partial charge in [0.25, 0.3) is 5.91 Å². The highest BCUT2D eigenvalue weighted by molar-refractivity contribution is 7.93. The van der Waals surface area contributed by atoms with Gasteiger partial charge in [0.05, 0.1) is 11.4 Å². The molecular weight excluding hydrogens is 354 g/mol. The Balaban J connectivity index is 1.84. The van der Waals surface area contributed by atoms with Gasteiger partial charge in [0.15, 0.2) is 0 Å². The van der Waals surface area contributed by atoms with Crippen molar-refractivity contribution in [2.75, 3.05) is 16.6 Å². The van der Waals surface area contributed by atoms with Crippen molar-refractivity contribution >= 4 is 27.5 Å². The lowest BCUT2D eigenvalue weighted by atomic mass is 10.1. The third-order valence-electron chi connectivity index (χ3n) is 4.19. The zero-order valence-corrected chi connectivity index (χ0v) is 14.8. The number of hydrogen-bond acceptors (Lipinski definition) is 4. The van der Waals surface area contributed by atoms with Crippen LogP contribution in [0.25, 0.3) is 0 Å². The molecule has 0 radical (unpaired) electrons. The number of benzene rings is 2. The smallest absolute Gasteiger partial charge is 0.252 e. The topological polar surface area (TPSA) is 110 Å². The molecular formula is C18H19N3O4S. The molecule has 8 heteroatoms. The van der Waals surface area contributed by atoms with E-state index in [1.165, 1.54) is 10.4 Å². The average molecular weight is 373 g/mol. The van der Waals surface area contributed by atoms with Crippen molar-refractivity contribution in [3.63, 3.8) is 0 Å². The van der Waals surface area contributed by atoms with E-state index in [9.17, 15) is 18.0 Å². The van der Waals surface area contributed by atoms with Gasteiger partial charge in [-0.1, -0.05) is 36.4 Å². The van der Waals surface area contributed by atoms with Crippen molar-refractivity contribution in [2.45, 2.75) is 12.5 Å². The molecule has 2 aromatic carbocycles. The van der Waals surface area contributed by atoms with Crippen LogP contribution < -0.4 is 15.4 Å². The van der Waals surface area contributed by atoms with Gasteiger partial charge >= 0.3 is 0 Å². The first-order chi connectivity index (χ1) is 12.4. The van der Waals surface area contributed by atoms with Crippen molar-refractivity contribution < 1.29 is 18.0 Å². The van der Waals surface area contributed by atoms with Crippen LogP contribution in [0, 0.1) is 0 Å². The average Bonchev–Trinajstić information content (AvgIpc) is 2.99. The molecule has 136 valence electrons. The number of anilines is 1. The second kappa shape index (κ2) is 7.17. The van der Waals surface area contributed by atoms with Crippen LogP contribution in [0.5, 0.6) is 0 Å². The Labute approximate surface area is 151 Å². The highest BCUT2D eigenvalue weighted by Gasteiger charge is 2.29. The molecule has 3 N–H and O–H groups in total. The Hall–Kier alpha value is -2.87. The molecule has 1 unspecified atom stereocenters. The van der Waals surface area contributed by atoms with E-state index < -0.39 is 27.9 Å². The van der Waals surface area contributed by atoms with Crippen molar-refractivity contribution in [1.82, 2.24) is 5.32 Å². The number of sulfonamides is 1. The maximum atomic E-state index is 12.6. The van der Waals surface area contributed by atoms with E-state index in [4.69, 9.17) is 5.73 Å². The largest absolute Gasteiger partial charge is 0.368 e. The standard InChI is InChI=1S/C18H19N3O4S/c19-17(22)16(13-6-2-1-3-7-13)20-18(23)14-8-4-9-15(12-14)21-10-5-11-26(21,24)25/h1-4,6-9,12,16H,5,10-11H2,(H2,19,22)(H,20,23). The van der Waals surface area contributed by atoms with E-state index >= 15 is 0 Å². The summed E-state index contributed by atoms with van der Waals surface area (Å²) in [5, 5.41) is 2.61. The molecule has 1 fully saturated rings. The number of nitrogens with two attached hydrogens (primary N) is 1. The first-order valence-electron chi connectivity index (χ1n) is 8.14. The molecule has 1 saturated heterocycles. The molecule has 0 aliphatic carbocycles. The number of hydrogen-bond donors (Lipinski definition) is 2. The molecule has 2 aromatic rings. The van der Waals surface area contributed by atoms with Crippen molar-refractivity contribution in [3.8, 4) is 0 Å². The molecule has 2 amide bonds. The maximum Gasteiger partial charge on any atom is 0.252 e. The second-order valence-electron chi connectivity index (χ2n) is 6.01. The lowest BCUT2D eigenvalue weighted by Gasteiger charge is -2.19. The number of primary amides is 1. The fraction of sp³-hybridized carbons (Fsp3) is 0.222. The highest BCUT2D eigenvalue weighted by Crippen LogP contribution is 2.25. The van der Waals surface area contributed by atoms with Crippen molar-refractivity contribution in [3.05, 3.63) is 65.7 Å². The lowest BCUT2D eigenvalue weighted by Crippen LogP contribution is -2.37. The van der Waals surface area contributed by atoms with Crippen LogP contribution in [-0.2, 0) is 14.8 Å². The van der Waals surface area contributed by atoms with Crippen LogP contribution in [0.3, 0.4) is 0 Å². The van der Waals surface area contributed by atoms with Crippen LogP contribution in [-0.4, -0.2) is 32.5 Å². The van der Waals surface area contributed by atoms with Crippen LogP contribution in [0.15, 0.2) is 54.6 Å². The number of carbonyl (C=O) groups is 2. The number of rotatable bonds is 5. The summed E-state index contributed by atoms with van der Waals surface area (Å²) in [7, 11) is -3.33. The Kier molecular flexibility index (Phi) is 4.94. The molecule has 0 saturated carbocycles. The van der Waals surface area contributed by atoms with Gasteiger partial charge in [-0.3, -0.25) is 13.9 Å². The molecule has 3 rings (SSSR count). The Morgan fingerprint density at radius 3 is 2.42 bits per heavy atom. The third-order valence-corrected chi connectivity index (χ3v) is 6.06. The monoisotopic (exact) mass is 373 g/mol. The molecule has 1 aliphatic rings. The van der Waals surface area contributed by atoms with E-state index in [-0.39, 0.29) is 11.3 Å². The second-order valence-corrected chi connectivity index (χ2v) is 8.02. The van der Waals surface area contributed by atoms with Gasteiger partial charge in [-0.2, -0.15) is 0 Å². The Bertz CT molecular complexity index is 928. The van der Waals surface area contributed by atoms with Gasteiger partial charge in [-0.25, -0.2) is 8.42 Å². The maximum absolute atomic E-state index is 12.6. The minimum atomic E-state index is -3.33. The predicted octanol–water partition coefficient (Wildman–Crippen LogP) is 1.18. The zero-order valence-electron chi connectivity index (χ0n) is 14.0. The fourth-order valence-electron chi connectivity index (χ4n) is 2.91. The third kappa shape index (κ3) is 3.70. The first-order valence-corrected chi connectivity index (χ1v) is 9.75. The van der Waals surface area contributed by atoms with Crippen molar-refractivity contribution in [2.24, 2.45) is 5.73 Å². The quantitative estimate of drug-likeness (QED) is 0.820. The number of carbonyl (C=O) groups excluding carboxylic acids is 2. The number of nitrogens with one attached hydrogen (secondary N) is 1. The summed E-state index contributed by atoms with van der Waals surface area (Å²) in [6, 6.07) is 14.0. The Morgan fingerprint density at radius 1 is 1.08 bits per heavy atom. The summed E-state index contributed by atoms with van der Waals surface area (Å²) < 4.78 is 25.4. The molecule has 0 bridgehead atoms. The zero-order chi connectivity index (χ0) is 18.7. The van der Waals surface area contributed by atoms with E-state index in [0.717, 1.165) is 0 Å². The number of amides is 2. The summed E-state index contributed by atoms with van der Waals surface area (Å²) in [4.78, 5) is 24.3. The highest BCUT2D eigenvalue weighted by atomic mass is 32.2. The van der Waals surface area contributed by atoms with E-state index in [0.29, 0.717) is 24.2 Å². The molecule has 1 heterocycles. The summed E-state index contributed by atoms with van der Waals surface area (Å²) in [5.74, 6) is -1.08. The summed E-state index contributed by atoms with van der Waals surface area (Å²) in [5.41, 5.74) is 6.69. The van der Waals surface area contributed by atoms with Gasteiger partial charge in [0.1, 0.15) is 6.04 Å². The molecule has 0 aromatic heterocycles. The molecule has 26 heavy (non-hydrogen) atoms. The van der Waals surface area contributed by atoms with Crippen molar-refractivity contribution in [1.29, 1.82) is 0 Å². The van der Waals surface area contributed by atoms with Gasteiger partial charge in [0.2, 0.25) is 15.9 Å². The van der Waals surface area contributed by atoms with Gasteiger partial charge in [-0.15, -0.1) is 0 Å². The summed E-state index contributed by atoms with van der Waals surface area (Å²) in [6.45, 7) is 0.390. The van der Waals surface area contributed by atoms with Crippen LogP contribution in [0.1, 0.15) is 28.4 Å². The van der Waals surface area contributed by atoms with Gasteiger partial charge in [0, 0.05) is 12.1 Å². The molecule has 1 aliphatic heterocycles. The minimum absolute atomic E-state index is 0.0984. The van der Waals surface area contributed by atoms with Gasteiger partial charge < -0.3 is 11.1 Å². The van der Waals surface area contributed by atoms with E-state index in [2.05, 4.69) is 5.32 Å². The SMILES string of the molecule is NC(=O)C(NC(=O)c1cccc(N2CCCS2(=O)=O)c1)c1ccccc1. The summed E-state index contributed by atoms with van der Waals surface area (Å²) in [6.07, 6.45) is 0.552. The summed E-state index contributed by atoms with van der Waals surface area (Å²) >= 11 is 0. The predicted molar refractivity (Wildman–Crippen MR) is 98.0 cm³/mol. The molecule has 1 atom stereocenters. The van der Waals surface area contributed by atoms with Crippen LogP contribution in [0.4, 0.5) is 5.69 Å². The molecule has 7 nitrogen and oxygen atoms in total. The molecule has 0 spiro atoms. The Morgan fingerprint density at radius 2 is 1.81 bits per heavy atom.